The lowest BCUT2D eigenvalue weighted by Crippen LogP contribution is -2.25. The Morgan fingerprint density at radius 2 is 1.81 bits per heavy atom. The van der Waals surface area contributed by atoms with E-state index in [1.165, 1.54) is 18.2 Å². The van der Waals surface area contributed by atoms with E-state index in [9.17, 15) is 15.0 Å². The predicted octanol–water partition coefficient (Wildman–Crippen LogP) is 3.38. The maximum atomic E-state index is 12.0. The summed E-state index contributed by atoms with van der Waals surface area (Å²) in [5.74, 6) is -0.644. The van der Waals surface area contributed by atoms with Gasteiger partial charge in [-0.3, -0.25) is 4.79 Å². The SMILES string of the molecule is O=C(NCCc1ccc(O)c(O)c1)c1ccc(Cl)cc1Cl. The largest absolute Gasteiger partial charge is 0.504 e. The molecule has 4 nitrogen and oxygen atoms in total. The summed E-state index contributed by atoms with van der Waals surface area (Å²) in [5, 5.41) is 22.1. The highest BCUT2D eigenvalue weighted by atomic mass is 35.5. The van der Waals surface area contributed by atoms with Crippen molar-refractivity contribution in [1.29, 1.82) is 0 Å². The van der Waals surface area contributed by atoms with Crippen LogP contribution in [0.25, 0.3) is 0 Å². The molecular formula is C15H13Cl2NO3. The third-order valence-corrected chi connectivity index (χ3v) is 3.46. The maximum Gasteiger partial charge on any atom is 0.252 e. The van der Waals surface area contributed by atoms with Crippen molar-refractivity contribution >= 4 is 29.1 Å². The fraction of sp³-hybridized carbons (Fsp3) is 0.133. The third-order valence-electron chi connectivity index (χ3n) is 2.91. The Hall–Kier alpha value is -1.91. The highest BCUT2D eigenvalue weighted by Gasteiger charge is 2.10. The van der Waals surface area contributed by atoms with Crippen molar-refractivity contribution in [2.45, 2.75) is 6.42 Å². The summed E-state index contributed by atoms with van der Waals surface area (Å²) >= 11 is 11.7. The molecule has 1 amide bonds. The number of rotatable bonds is 4. The Morgan fingerprint density at radius 1 is 1.05 bits per heavy atom. The number of carbonyl (C=O) groups is 1. The lowest BCUT2D eigenvalue weighted by molar-refractivity contribution is 0.0954. The van der Waals surface area contributed by atoms with E-state index in [0.29, 0.717) is 28.6 Å². The predicted molar refractivity (Wildman–Crippen MR) is 82.3 cm³/mol. The first kappa shape index (κ1) is 15.5. The van der Waals surface area contributed by atoms with Crippen molar-refractivity contribution in [2.75, 3.05) is 6.54 Å². The molecule has 0 unspecified atom stereocenters. The summed E-state index contributed by atoms with van der Waals surface area (Å²) in [5.41, 5.74) is 1.16. The van der Waals surface area contributed by atoms with Crippen molar-refractivity contribution in [3.8, 4) is 11.5 Å². The summed E-state index contributed by atoms with van der Waals surface area (Å²) in [4.78, 5) is 12.0. The quantitative estimate of drug-likeness (QED) is 0.755. The van der Waals surface area contributed by atoms with Gasteiger partial charge in [0, 0.05) is 11.6 Å². The zero-order valence-corrected chi connectivity index (χ0v) is 12.4. The van der Waals surface area contributed by atoms with Gasteiger partial charge >= 0.3 is 0 Å². The van der Waals surface area contributed by atoms with E-state index in [2.05, 4.69) is 5.32 Å². The van der Waals surface area contributed by atoms with E-state index in [1.807, 2.05) is 0 Å². The standard InChI is InChI=1S/C15H13Cl2NO3/c16-10-2-3-11(12(17)8-10)15(21)18-6-5-9-1-4-13(19)14(20)7-9/h1-4,7-8,19-20H,5-6H2,(H,18,21). The van der Waals surface area contributed by atoms with Crippen molar-refractivity contribution in [3.63, 3.8) is 0 Å². The molecule has 2 aromatic carbocycles. The van der Waals surface area contributed by atoms with E-state index in [0.717, 1.165) is 5.56 Å². The number of phenolic OH excluding ortho intramolecular Hbond substituents is 2. The Labute approximate surface area is 131 Å². The van der Waals surface area contributed by atoms with Gasteiger partial charge in [-0.2, -0.15) is 0 Å². The third kappa shape index (κ3) is 4.03. The first-order valence-corrected chi connectivity index (χ1v) is 6.97. The molecule has 3 N–H and O–H groups in total. The molecule has 0 aromatic heterocycles. The number of halogens is 2. The molecular weight excluding hydrogens is 313 g/mol. The molecule has 0 aliphatic carbocycles. The molecule has 2 aromatic rings. The van der Waals surface area contributed by atoms with Crippen LogP contribution in [0.4, 0.5) is 0 Å². The number of hydrogen-bond acceptors (Lipinski definition) is 3. The van der Waals surface area contributed by atoms with Gasteiger partial charge in [-0.15, -0.1) is 0 Å². The summed E-state index contributed by atoms with van der Waals surface area (Å²) in [6.07, 6.45) is 0.519. The van der Waals surface area contributed by atoms with Gasteiger partial charge in [0.25, 0.3) is 5.91 Å². The molecule has 0 spiro atoms. The number of nitrogens with one attached hydrogen (secondary N) is 1. The molecule has 0 aliphatic heterocycles. The molecule has 0 bridgehead atoms. The van der Waals surface area contributed by atoms with Crippen LogP contribution in [-0.2, 0) is 6.42 Å². The van der Waals surface area contributed by atoms with Crippen LogP contribution in [-0.4, -0.2) is 22.7 Å². The Bertz CT molecular complexity index is 674. The zero-order valence-electron chi connectivity index (χ0n) is 10.9. The van der Waals surface area contributed by atoms with E-state index in [1.54, 1.807) is 18.2 Å². The number of hydrogen-bond donors (Lipinski definition) is 3. The van der Waals surface area contributed by atoms with Crippen molar-refractivity contribution in [2.24, 2.45) is 0 Å². The van der Waals surface area contributed by atoms with Gasteiger partial charge in [-0.05, 0) is 42.3 Å². The average Bonchev–Trinajstić information content (AvgIpc) is 2.42. The fourth-order valence-electron chi connectivity index (χ4n) is 1.81. The van der Waals surface area contributed by atoms with Gasteiger partial charge in [0.2, 0.25) is 0 Å². The molecule has 2 rings (SSSR count). The van der Waals surface area contributed by atoms with Crippen LogP contribution < -0.4 is 5.32 Å². The second-order valence-corrected chi connectivity index (χ2v) is 5.30. The molecule has 0 aliphatic rings. The van der Waals surface area contributed by atoms with Crippen LogP contribution in [0.1, 0.15) is 15.9 Å². The first-order valence-electron chi connectivity index (χ1n) is 6.21. The van der Waals surface area contributed by atoms with Crippen LogP contribution >= 0.6 is 23.2 Å². The van der Waals surface area contributed by atoms with E-state index in [4.69, 9.17) is 23.2 Å². The first-order chi connectivity index (χ1) is 9.97. The highest BCUT2D eigenvalue weighted by molar-refractivity contribution is 6.36. The Morgan fingerprint density at radius 3 is 2.48 bits per heavy atom. The van der Waals surface area contributed by atoms with Gasteiger partial charge < -0.3 is 15.5 Å². The fourth-order valence-corrected chi connectivity index (χ4v) is 2.31. The Balaban J connectivity index is 1.93. The van der Waals surface area contributed by atoms with E-state index >= 15 is 0 Å². The van der Waals surface area contributed by atoms with Gasteiger partial charge in [0.05, 0.1) is 10.6 Å². The summed E-state index contributed by atoms with van der Waals surface area (Å²) in [6.45, 7) is 0.377. The van der Waals surface area contributed by atoms with Crippen LogP contribution in [0.5, 0.6) is 11.5 Å². The van der Waals surface area contributed by atoms with Crippen LogP contribution in [0.2, 0.25) is 10.0 Å². The minimum Gasteiger partial charge on any atom is -0.504 e. The van der Waals surface area contributed by atoms with Gasteiger partial charge in [0.1, 0.15) is 0 Å². The maximum absolute atomic E-state index is 12.0. The zero-order chi connectivity index (χ0) is 15.4. The molecule has 110 valence electrons. The topological polar surface area (TPSA) is 69.6 Å². The van der Waals surface area contributed by atoms with Crippen LogP contribution in [0.15, 0.2) is 36.4 Å². The molecule has 6 heteroatoms. The molecule has 0 saturated carbocycles. The summed E-state index contributed by atoms with van der Waals surface area (Å²) in [6, 6.07) is 9.21. The average molecular weight is 326 g/mol. The van der Waals surface area contributed by atoms with Crippen LogP contribution in [0, 0.1) is 0 Å². The second-order valence-electron chi connectivity index (χ2n) is 4.45. The number of aromatic hydroxyl groups is 2. The molecule has 0 heterocycles. The van der Waals surface area contributed by atoms with Crippen LogP contribution in [0.3, 0.4) is 0 Å². The lowest BCUT2D eigenvalue weighted by atomic mass is 10.1. The Kier molecular flexibility index (Phi) is 4.94. The van der Waals surface area contributed by atoms with Crippen molar-refractivity contribution < 1.29 is 15.0 Å². The molecule has 0 fully saturated rings. The normalized spacial score (nSPS) is 10.4. The second kappa shape index (κ2) is 6.70. The van der Waals surface area contributed by atoms with Crippen molar-refractivity contribution in [3.05, 3.63) is 57.6 Å². The van der Waals surface area contributed by atoms with Gasteiger partial charge in [-0.25, -0.2) is 0 Å². The molecule has 0 radical (unpaired) electrons. The van der Waals surface area contributed by atoms with Crippen molar-refractivity contribution in [1.82, 2.24) is 5.32 Å². The number of phenols is 2. The van der Waals surface area contributed by atoms with E-state index < -0.39 is 0 Å². The summed E-state index contributed by atoms with van der Waals surface area (Å²) < 4.78 is 0. The monoisotopic (exact) mass is 325 g/mol. The molecule has 0 saturated heterocycles. The van der Waals surface area contributed by atoms with Gasteiger partial charge in [-0.1, -0.05) is 29.3 Å². The number of carbonyl (C=O) groups excluding carboxylic acids is 1. The minimum atomic E-state index is -0.292. The van der Waals surface area contributed by atoms with Gasteiger partial charge in [0.15, 0.2) is 11.5 Å². The number of amides is 1. The highest BCUT2D eigenvalue weighted by Crippen LogP contribution is 2.25. The van der Waals surface area contributed by atoms with E-state index in [-0.39, 0.29) is 17.4 Å². The molecule has 0 atom stereocenters. The minimum absolute atomic E-state index is 0.171. The number of benzene rings is 2. The summed E-state index contributed by atoms with van der Waals surface area (Å²) in [7, 11) is 0. The lowest BCUT2D eigenvalue weighted by Gasteiger charge is -2.08. The molecule has 21 heavy (non-hydrogen) atoms. The smallest absolute Gasteiger partial charge is 0.252 e.